The molecule has 45 heavy (non-hydrogen) atoms. The topological polar surface area (TPSA) is 348 Å². The monoisotopic (exact) mass is 666 g/mol. The van der Waals surface area contributed by atoms with Crippen molar-refractivity contribution in [3.8, 4) is 0 Å². The van der Waals surface area contributed by atoms with Crippen molar-refractivity contribution >= 4 is 0 Å². The van der Waals surface area contributed by atoms with Crippen LogP contribution in [0.5, 0.6) is 0 Å². The average Bonchev–Trinajstić information content (AvgIpc) is 3.55. The minimum absolute atomic E-state index is 0.765. The second-order valence-corrected chi connectivity index (χ2v) is 11.3. The van der Waals surface area contributed by atoms with Gasteiger partial charge < -0.3 is 105 Å². The molecule has 0 aromatic rings. The fourth-order valence-electron chi connectivity index (χ4n) is 5.65. The molecule has 0 saturated carbocycles. The highest BCUT2D eigenvalue weighted by Crippen LogP contribution is 2.40. The molecule has 21 heteroatoms. The number of aliphatic hydroxyl groups excluding tert-OH is 14. The molecule has 0 radical (unpaired) electrons. The summed E-state index contributed by atoms with van der Waals surface area (Å²) in [6.45, 7) is -6.56. The Hall–Kier alpha value is -0.840. The van der Waals surface area contributed by atoms with E-state index >= 15 is 0 Å². The molecule has 14 N–H and O–H groups in total. The second kappa shape index (κ2) is 14.3. The SMILES string of the molecule is OC[C@H]1O[C@@](CO)(OC[C@H]2O[C@@H](O[C@]3(CO[C@]4(CO)O[C@H](CO)[C@@H](O)[C@@H]4O)O[C@H](CO)[C@@H](O)[C@@H]3O)[C@H](O)[C@@H](O)[C@@H]2O)[C@@H](O)[C@@H]1O. The van der Waals surface area contributed by atoms with E-state index in [1.807, 2.05) is 0 Å². The average molecular weight is 667 g/mol. The highest BCUT2D eigenvalue weighted by Gasteiger charge is 2.62. The molecule has 4 aliphatic heterocycles. The van der Waals surface area contributed by atoms with Crippen LogP contribution in [0, 0.1) is 0 Å². The van der Waals surface area contributed by atoms with Crippen molar-refractivity contribution in [2.45, 2.75) is 103 Å². The van der Waals surface area contributed by atoms with Crippen LogP contribution in [0.15, 0.2) is 0 Å². The van der Waals surface area contributed by atoms with Gasteiger partial charge in [-0.25, -0.2) is 0 Å². The third-order valence-corrected chi connectivity index (χ3v) is 8.49. The van der Waals surface area contributed by atoms with Gasteiger partial charge in [-0.15, -0.1) is 0 Å². The van der Waals surface area contributed by atoms with Crippen LogP contribution in [-0.2, 0) is 33.2 Å². The van der Waals surface area contributed by atoms with Gasteiger partial charge in [-0.3, -0.25) is 0 Å². The fraction of sp³-hybridized carbons (Fsp3) is 1.00. The van der Waals surface area contributed by atoms with E-state index in [0.29, 0.717) is 0 Å². The van der Waals surface area contributed by atoms with Gasteiger partial charge in [0.25, 0.3) is 0 Å². The first kappa shape index (κ1) is 37.0. The Morgan fingerprint density at radius 3 is 1.31 bits per heavy atom. The highest BCUT2D eigenvalue weighted by atomic mass is 16.8. The molecular weight excluding hydrogens is 624 g/mol. The summed E-state index contributed by atoms with van der Waals surface area (Å²) in [6, 6.07) is 0. The third kappa shape index (κ3) is 6.49. The first-order chi connectivity index (χ1) is 21.2. The molecule has 0 spiro atoms. The molecule has 0 unspecified atom stereocenters. The van der Waals surface area contributed by atoms with E-state index in [9.17, 15) is 71.5 Å². The summed E-state index contributed by atoms with van der Waals surface area (Å²) in [7, 11) is 0. The van der Waals surface area contributed by atoms with Gasteiger partial charge in [-0.05, 0) is 0 Å². The zero-order valence-corrected chi connectivity index (χ0v) is 23.7. The number of aliphatic hydroxyl groups is 14. The first-order valence-electron chi connectivity index (χ1n) is 14.0. The standard InChI is InChI=1S/C24H42O21/c25-1-8-13(31)18(36)22(5-28,42-8)39-4-11-12(30)16(34)17(35)21(41-11)45-24(20(38)15(33)10(3-27)44-24)7-40-23(6-29)19(37)14(32)9(2-26)43-23/h8-21,25-38H,1-7H2/t8-,9-,10-,11-,12-,13-,14-,15-,16+,17-,18+,19+,20+,21+,22-,23-,24+/m1/s1. The van der Waals surface area contributed by atoms with Gasteiger partial charge in [0.05, 0.1) is 26.4 Å². The number of hydrogen-bond acceptors (Lipinski definition) is 21. The molecule has 264 valence electrons. The highest BCUT2D eigenvalue weighted by molar-refractivity contribution is 5.02. The van der Waals surface area contributed by atoms with Gasteiger partial charge in [0.15, 0.2) is 6.29 Å². The molecule has 0 aromatic heterocycles. The van der Waals surface area contributed by atoms with Gasteiger partial charge in [0.1, 0.15) is 99.2 Å². The van der Waals surface area contributed by atoms with E-state index in [-0.39, 0.29) is 0 Å². The lowest BCUT2D eigenvalue weighted by molar-refractivity contribution is -0.403. The van der Waals surface area contributed by atoms with Crippen LogP contribution in [0.2, 0.25) is 0 Å². The van der Waals surface area contributed by atoms with Crippen molar-refractivity contribution < 1.29 is 105 Å². The van der Waals surface area contributed by atoms with Crippen LogP contribution < -0.4 is 0 Å². The zero-order valence-electron chi connectivity index (χ0n) is 23.7. The molecule has 0 aromatic carbocycles. The largest absolute Gasteiger partial charge is 0.394 e. The van der Waals surface area contributed by atoms with Crippen molar-refractivity contribution in [2.75, 3.05) is 46.2 Å². The Bertz CT molecular complexity index is 964. The van der Waals surface area contributed by atoms with Crippen LogP contribution in [0.1, 0.15) is 0 Å². The maximum atomic E-state index is 10.9. The van der Waals surface area contributed by atoms with E-state index < -0.39 is 149 Å². The van der Waals surface area contributed by atoms with E-state index in [4.69, 9.17) is 33.2 Å². The Balaban J connectivity index is 1.56. The van der Waals surface area contributed by atoms with Crippen LogP contribution >= 0.6 is 0 Å². The summed E-state index contributed by atoms with van der Waals surface area (Å²) in [5.74, 6) is -7.40. The summed E-state index contributed by atoms with van der Waals surface area (Å²) in [6.07, 6.45) is -25.5. The lowest BCUT2D eigenvalue weighted by atomic mass is 9.98. The van der Waals surface area contributed by atoms with E-state index in [2.05, 4.69) is 0 Å². The normalized spacial score (nSPS) is 52.1. The molecule has 4 fully saturated rings. The summed E-state index contributed by atoms with van der Waals surface area (Å²) in [5, 5.41) is 143. The lowest BCUT2D eigenvalue weighted by Crippen LogP contribution is -2.64. The predicted octanol–water partition coefficient (Wildman–Crippen LogP) is -9.74. The summed E-state index contributed by atoms with van der Waals surface area (Å²) >= 11 is 0. The smallest absolute Gasteiger partial charge is 0.224 e. The van der Waals surface area contributed by atoms with E-state index in [0.717, 1.165) is 0 Å². The van der Waals surface area contributed by atoms with Crippen LogP contribution in [-0.4, -0.2) is 221 Å². The van der Waals surface area contributed by atoms with Gasteiger partial charge in [0, 0.05) is 0 Å². The molecule has 0 amide bonds. The van der Waals surface area contributed by atoms with Crippen molar-refractivity contribution in [1.29, 1.82) is 0 Å². The maximum absolute atomic E-state index is 10.9. The van der Waals surface area contributed by atoms with Gasteiger partial charge in [-0.2, -0.15) is 0 Å². The minimum Gasteiger partial charge on any atom is -0.394 e. The van der Waals surface area contributed by atoms with Crippen LogP contribution in [0.4, 0.5) is 0 Å². The van der Waals surface area contributed by atoms with Crippen molar-refractivity contribution in [2.24, 2.45) is 0 Å². The van der Waals surface area contributed by atoms with Crippen molar-refractivity contribution in [3.63, 3.8) is 0 Å². The summed E-state index contributed by atoms with van der Waals surface area (Å²) in [4.78, 5) is 0. The maximum Gasteiger partial charge on any atom is 0.224 e. The predicted molar refractivity (Wildman–Crippen MR) is 134 cm³/mol. The summed E-state index contributed by atoms with van der Waals surface area (Å²) in [5.41, 5.74) is 0. The van der Waals surface area contributed by atoms with Crippen molar-refractivity contribution in [1.82, 2.24) is 0 Å². The van der Waals surface area contributed by atoms with Crippen LogP contribution in [0.25, 0.3) is 0 Å². The molecule has 4 saturated heterocycles. The van der Waals surface area contributed by atoms with Crippen molar-refractivity contribution in [3.05, 3.63) is 0 Å². The zero-order chi connectivity index (χ0) is 33.5. The van der Waals surface area contributed by atoms with E-state index in [1.54, 1.807) is 0 Å². The molecule has 17 atom stereocenters. The minimum atomic E-state index is -2.64. The first-order valence-corrected chi connectivity index (χ1v) is 14.0. The molecule has 0 aliphatic carbocycles. The third-order valence-electron chi connectivity index (χ3n) is 8.49. The number of hydrogen-bond donors (Lipinski definition) is 14. The van der Waals surface area contributed by atoms with Crippen LogP contribution in [0.3, 0.4) is 0 Å². The van der Waals surface area contributed by atoms with Gasteiger partial charge >= 0.3 is 0 Å². The number of ether oxygens (including phenoxy) is 7. The molecule has 4 rings (SSSR count). The molecule has 0 bridgehead atoms. The molecule has 21 nitrogen and oxygen atoms in total. The van der Waals surface area contributed by atoms with Gasteiger partial charge in [0.2, 0.25) is 17.4 Å². The molecular formula is C24H42O21. The Morgan fingerprint density at radius 2 is 0.889 bits per heavy atom. The number of rotatable bonds is 13. The molecule has 4 heterocycles. The Morgan fingerprint density at radius 1 is 0.467 bits per heavy atom. The van der Waals surface area contributed by atoms with E-state index in [1.165, 1.54) is 0 Å². The lowest BCUT2D eigenvalue weighted by Gasteiger charge is -2.45. The quantitative estimate of drug-likeness (QED) is 0.0867. The second-order valence-electron chi connectivity index (χ2n) is 11.3. The van der Waals surface area contributed by atoms with Gasteiger partial charge in [-0.1, -0.05) is 0 Å². The molecule has 4 aliphatic rings. The fourth-order valence-corrected chi connectivity index (χ4v) is 5.65. The Labute approximate surface area is 254 Å². The summed E-state index contributed by atoms with van der Waals surface area (Å²) < 4.78 is 38.3. The Kier molecular flexibility index (Phi) is 11.8.